The zero-order chi connectivity index (χ0) is 19.0. The number of hydrogen-bond acceptors (Lipinski definition) is 6. The third-order valence-electron chi connectivity index (χ3n) is 7.18. The highest BCUT2D eigenvalue weighted by Crippen LogP contribution is 2.39. The monoisotopic (exact) mass is 385 g/mol. The van der Waals surface area contributed by atoms with E-state index >= 15 is 0 Å². The predicted molar refractivity (Wildman–Crippen MR) is 106 cm³/mol. The number of nitrogens with one attached hydrogen (secondary N) is 1. The molecule has 0 saturated carbocycles. The number of carbonyl (C=O) groups excluding carboxylic acids is 1. The molecule has 0 bridgehead atoms. The number of ether oxygens (including phenoxy) is 1. The van der Waals surface area contributed by atoms with Crippen molar-refractivity contribution < 1.29 is 9.53 Å². The summed E-state index contributed by atoms with van der Waals surface area (Å²) in [6.07, 6.45) is 9.26. The van der Waals surface area contributed by atoms with Gasteiger partial charge in [0.1, 0.15) is 5.54 Å². The van der Waals surface area contributed by atoms with Crippen LogP contribution in [0.15, 0.2) is 12.3 Å². The molecule has 4 aliphatic rings. The van der Waals surface area contributed by atoms with Gasteiger partial charge in [0.15, 0.2) is 0 Å². The van der Waals surface area contributed by atoms with E-state index in [-0.39, 0.29) is 17.5 Å². The Balaban J connectivity index is 1.22. The molecule has 4 fully saturated rings. The van der Waals surface area contributed by atoms with Gasteiger partial charge in [-0.3, -0.25) is 9.69 Å². The molecule has 0 aromatic carbocycles. The molecule has 28 heavy (non-hydrogen) atoms. The van der Waals surface area contributed by atoms with Crippen LogP contribution in [0.4, 0.5) is 5.95 Å². The molecule has 4 aliphatic heterocycles. The van der Waals surface area contributed by atoms with Crippen molar-refractivity contribution in [3.8, 4) is 0 Å². The SMILES string of the molecule is O=C(NC1CCN(c2nccc(C3CCOCC3)n2)C1)C12CCCN1CCC2. The highest BCUT2D eigenvalue weighted by molar-refractivity contribution is 5.87. The van der Waals surface area contributed by atoms with E-state index in [0.717, 1.165) is 96.0 Å². The second kappa shape index (κ2) is 7.59. The number of carbonyl (C=O) groups is 1. The van der Waals surface area contributed by atoms with Gasteiger partial charge in [0.25, 0.3) is 0 Å². The van der Waals surface area contributed by atoms with Gasteiger partial charge in [0, 0.05) is 50.2 Å². The molecule has 0 radical (unpaired) electrons. The lowest BCUT2D eigenvalue weighted by Gasteiger charge is -2.31. The highest BCUT2D eigenvalue weighted by Gasteiger charge is 2.50. The molecule has 1 aromatic heterocycles. The maximum Gasteiger partial charge on any atom is 0.240 e. The minimum atomic E-state index is -0.215. The van der Waals surface area contributed by atoms with E-state index in [1.807, 2.05) is 12.3 Å². The second-order valence-electron chi connectivity index (χ2n) is 8.80. The van der Waals surface area contributed by atoms with Crippen molar-refractivity contribution in [3.63, 3.8) is 0 Å². The van der Waals surface area contributed by atoms with Crippen molar-refractivity contribution in [3.05, 3.63) is 18.0 Å². The first-order chi connectivity index (χ1) is 13.7. The Kier molecular flexibility index (Phi) is 4.97. The Morgan fingerprint density at radius 2 is 1.93 bits per heavy atom. The fourth-order valence-electron chi connectivity index (χ4n) is 5.59. The average molecular weight is 386 g/mol. The number of aromatic nitrogens is 2. The standard InChI is InChI=1S/C21H31N5O2/c27-19(21-7-1-10-26(21)11-2-8-21)23-17-4-12-25(15-17)20-22-9-3-18(24-20)16-5-13-28-14-6-16/h3,9,16-17H,1-2,4-8,10-15H2,(H,23,27). The lowest BCUT2D eigenvalue weighted by atomic mass is 9.92. The van der Waals surface area contributed by atoms with E-state index in [0.29, 0.717) is 5.92 Å². The van der Waals surface area contributed by atoms with Crippen molar-refractivity contribution in [1.82, 2.24) is 20.2 Å². The van der Waals surface area contributed by atoms with Crippen LogP contribution in [0.5, 0.6) is 0 Å². The topological polar surface area (TPSA) is 70.6 Å². The van der Waals surface area contributed by atoms with Crippen molar-refractivity contribution in [2.45, 2.75) is 62.4 Å². The minimum Gasteiger partial charge on any atom is -0.381 e. The van der Waals surface area contributed by atoms with Crippen LogP contribution in [-0.4, -0.2) is 71.7 Å². The molecule has 0 aliphatic carbocycles. The van der Waals surface area contributed by atoms with Crippen LogP contribution >= 0.6 is 0 Å². The average Bonchev–Trinajstić information content (AvgIpc) is 3.45. The van der Waals surface area contributed by atoms with Gasteiger partial charge in [0.2, 0.25) is 11.9 Å². The molecule has 1 atom stereocenters. The maximum atomic E-state index is 13.1. The van der Waals surface area contributed by atoms with Gasteiger partial charge in [0.05, 0.1) is 0 Å². The highest BCUT2D eigenvalue weighted by atomic mass is 16.5. The van der Waals surface area contributed by atoms with Crippen molar-refractivity contribution >= 4 is 11.9 Å². The quantitative estimate of drug-likeness (QED) is 0.851. The van der Waals surface area contributed by atoms with E-state index in [1.165, 1.54) is 0 Å². The van der Waals surface area contributed by atoms with Gasteiger partial charge in [-0.1, -0.05) is 0 Å². The summed E-state index contributed by atoms with van der Waals surface area (Å²) in [6.45, 7) is 5.51. The van der Waals surface area contributed by atoms with Gasteiger partial charge >= 0.3 is 0 Å². The number of anilines is 1. The van der Waals surface area contributed by atoms with E-state index < -0.39 is 0 Å². The molecule has 152 valence electrons. The largest absolute Gasteiger partial charge is 0.381 e. The molecule has 0 spiro atoms. The molecule has 1 aromatic rings. The van der Waals surface area contributed by atoms with Crippen molar-refractivity contribution in [2.24, 2.45) is 0 Å². The van der Waals surface area contributed by atoms with Crippen LogP contribution in [0, 0.1) is 0 Å². The van der Waals surface area contributed by atoms with E-state index in [1.54, 1.807) is 0 Å². The summed E-state index contributed by atoms with van der Waals surface area (Å²) in [5.74, 6) is 1.54. The molecule has 7 heteroatoms. The smallest absolute Gasteiger partial charge is 0.240 e. The molecule has 4 saturated heterocycles. The van der Waals surface area contributed by atoms with Crippen LogP contribution in [0.2, 0.25) is 0 Å². The fourth-order valence-corrected chi connectivity index (χ4v) is 5.59. The van der Waals surface area contributed by atoms with E-state index in [4.69, 9.17) is 9.72 Å². The summed E-state index contributed by atoms with van der Waals surface area (Å²) in [6, 6.07) is 2.24. The third kappa shape index (κ3) is 3.28. The Bertz CT molecular complexity index is 711. The Labute approximate surface area is 166 Å². The van der Waals surface area contributed by atoms with Crippen LogP contribution in [-0.2, 0) is 9.53 Å². The van der Waals surface area contributed by atoms with Crippen LogP contribution in [0.3, 0.4) is 0 Å². The molecule has 1 unspecified atom stereocenters. The minimum absolute atomic E-state index is 0.195. The first-order valence-corrected chi connectivity index (χ1v) is 11.0. The van der Waals surface area contributed by atoms with E-state index in [2.05, 4.69) is 20.1 Å². The first-order valence-electron chi connectivity index (χ1n) is 11.0. The predicted octanol–water partition coefficient (Wildman–Crippen LogP) is 1.69. The number of fused-ring (bicyclic) bond motifs is 1. The summed E-state index contributed by atoms with van der Waals surface area (Å²) in [5, 5.41) is 3.37. The fraction of sp³-hybridized carbons (Fsp3) is 0.762. The first kappa shape index (κ1) is 18.3. The summed E-state index contributed by atoms with van der Waals surface area (Å²) in [7, 11) is 0. The zero-order valence-corrected chi connectivity index (χ0v) is 16.6. The third-order valence-corrected chi connectivity index (χ3v) is 7.18. The molecule has 1 N–H and O–H groups in total. The molecular weight excluding hydrogens is 354 g/mol. The zero-order valence-electron chi connectivity index (χ0n) is 16.6. The van der Waals surface area contributed by atoms with Crippen LogP contribution in [0.1, 0.15) is 56.6 Å². The Morgan fingerprint density at radius 1 is 1.14 bits per heavy atom. The van der Waals surface area contributed by atoms with E-state index in [9.17, 15) is 4.79 Å². The Hall–Kier alpha value is -1.73. The maximum absolute atomic E-state index is 13.1. The second-order valence-corrected chi connectivity index (χ2v) is 8.80. The van der Waals surface area contributed by atoms with Crippen molar-refractivity contribution in [2.75, 3.05) is 44.3 Å². The number of rotatable bonds is 4. The van der Waals surface area contributed by atoms with Gasteiger partial charge in [-0.15, -0.1) is 0 Å². The number of amides is 1. The van der Waals surface area contributed by atoms with Gasteiger partial charge in [-0.2, -0.15) is 0 Å². The van der Waals surface area contributed by atoms with Crippen LogP contribution < -0.4 is 10.2 Å². The Morgan fingerprint density at radius 3 is 2.71 bits per heavy atom. The van der Waals surface area contributed by atoms with Gasteiger partial charge in [-0.25, -0.2) is 9.97 Å². The molecule has 5 heterocycles. The normalized spacial score (nSPS) is 27.9. The summed E-state index contributed by atoms with van der Waals surface area (Å²) in [5.41, 5.74) is 0.916. The van der Waals surface area contributed by atoms with Gasteiger partial charge in [-0.05, 0) is 64.1 Å². The van der Waals surface area contributed by atoms with Crippen LogP contribution in [0.25, 0.3) is 0 Å². The summed E-state index contributed by atoms with van der Waals surface area (Å²) in [4.78, 5) is 27.1. The number of nitrogens with zero attached hydrogens (tertiary/aromatic N) is 4. The molecule has 1 amide bonds. The molecule has 7 nitrogen and oxygen atoms in total. The molecule has 5 rings (SSSR count). The van der Waals surface area contributed by atoms with Crippen molar-refractivity contribution in [1.29, 1.82) is 0 Å². The number of hydrogen-bond donors (Lipinski definition) is 1. The lowest BCUT2D eigenvalue weighted by Crippen LogP contribution is -2.54. The molecular formula is C21H31N5O2. The van der Waals surface area contributed by atoms with Gasteiger partial charge < -0.3 is 15.0 Å². The summed E-state index contributed by atoms with van der Waals surface area (Å²) < 4.78 is 5.48. The summed E-state index contributed by atoms with van der Waals surface area (Å²) >= 11 is 0. The lowest BCUT2D eigenvalue weighted by molar-refractivity contribution is -0.131.